The van der Waals surface area contributed by atoms with Gasteiger partial charge in [-0.3, -0.25) is 0 Å². The number of aromatic nitrogens is 1. The van der Waals surface area contributed by atoms with Crippen molar-refractivity contribution in [3.63, 3.8) is 0 Å². The summed E-state index contributed by atoms with van der Waals surface area (Å²) in [4.78, 5) is 0.506. The fraction of sp³-hybridized carbons (Fsp3) is 0.231. The molecule has 2 N–H and O–H groups in total. The van der Waals surface area contributed by atoms with Crippen LogP contribution in [-0.4, -0.2) is 15.6 Å². The van der Waals surface area contributed by atoms with Gasteiger partial charge in [0.05, 0.1) is 12.0 Å². The van der Waals surface area contributed by atoms with Crippen LogP contribution in [0.3, 0.4) is 0 Å². The Morgan fingerprint density at radius 2 is 1.95 bits per heavy atom. The summed E-state index contributed by atoms with van der Waals surface area (Å²) in [6, 6.07) is 9.30. The van der Waals surface area contributed by atoms with Crippen LogP contribution in [0.25, 0.3) is 0 Å². The molecule has 2 rings (SSSR count). The number of halogens is 3. The second-order valence-electron chi connectivity index (χ2n) is 4.09. The van der Waals surface area contributed by atoms with Crippen molar-refractivity contribution in [1.82, 2.24) is 4.57 Å². The molecule has 0 radical (unpaired) electrons. The largest absolute Gasteiger partial charge is 0.497 e. The average molecular weight is 335 g/mol. The van der Waals surface area contributed by atoms with Crippen molar-refractivity contribution in [3.8, 4) is 5.75 Å². The monoisotopic (exact) mass is 334 g/mol. The molecule has 0 spiro atoms. The molecule has 1 aromatic heterocycles. The third kappa shape index (κ3) is 3.98. The molecule has 7 heteroatoms. The smallest absolute Gasteiger partial charge is 0.309 e. The van der Waals surface area contributed by atoms with E-state index < -0.39 is 3.92 Å². The lowest BCUT2D eigenvalue weighted by Crippen LogP contribution is -2.04. The van der Waals surface area contributed by atoms with E-state index in [-0.39, 0.29) is 0 Å². The average Bonchev–Trinajstić information content (AvgIpc) is 2.71. The number of nitrogens with two attached hydrogens (primary N) is 1. The molecule has 1 aromatic carbocycles. The summed E-state index contributed by atoms with van der Waals surface area (Å²) in [5.41, 5.74) is 7.00. The molecule has 0 saturated heterocycles. The van der Waals surface area contributed by atoms with Crippen molar-refractivity contribution in [2.45, 2.75) is 15.4 Å². The normalized spacial score (nSPS) is 11.6. The van der Waals surface area contributed by atoms with E-state index in [9.17, 15) is 4.39 Å². The van der Waals surface area contributed by atoms with Crippen LogP contribution in [-0.2, 0) is 6.54 Å². The van der Waals surface area contributed by atoms with Crippen molar-refractivity contribution in [2.75, 3.05) is 12.8 Å². The lowest BCUT2D eigenvalue weighted by molar-refractivity contribution is 0.414. The third-order valence-electron chi connectivity index (χ3n) is 2.71. The van der Waals surface area contributed by atoms with Crippen molar-refractivity contribution in [1.29, 1.82) is 0 Å². The minimum absolute atomic E-state index is 0.425. The molecule has 108 valence electrons. The zero-order valence-corrected chi connectivity index (χ0v) is 13.0. The Hall–Kier alpha value is -1.04. The van der Waals surface area contributed by atoms with Crippen LogP contribution in [0.15, 0.2) is 41.4 Å². The summed E-state index contributed by atoms with van der Waals surface area (Å²) in [6.45, 7) is 0.570. The summed E-state index contributed by atoms with van der Waals surface area (Å²) < 4.78 is 17.7. The highest BCUT2D eigenvalue weighted by Gasteiger charge is 2.26. The summed E-state index contributed by atoms with van der Waals surface area (Å²) in [5.74, 6) is 1.21. The number of hydrogen-bond donors (Lipinski definition) is 1. The predicted octanol–water partition coefficient (Wildman–Crippen LogP) is 4.28. The molecule has 0 fully saturated rings. The zero-order valence-electron chi connectivity index (χ0n) is 10.6. The Kier molecular flexibility index (Phi) is 4.73. The van der Waals surface area contributed by atoms with Crippen molar-refractivity contribution in [3.05, 3.63) is 42.1 Å². The third-order valence-corrected chi connectivity index (χ3v) is 3.96. The number of thioether (sulfide) groups is 1. The molecule has 0 aliphatic carbocycles. The van der Waals surface area contributed by atoms with Crippen LogP contribution in [0, 0.1) is 0 Å². The highest BCUT2D eigenvalue weighted by Crippen LogP contribution is 2.43. The highest BCUT2D eigenvalue weighted by atomic mass is 35.5. The Morgan fingerprint density at radius 3 is 2.50 bits per heavy atom. The van der Waals surface area contributed by atoms with Crippen LogP contribution >= 0.6 is 35.0 Å². The maximum atomic E-state index is 13.2. The van der Waals surface area contributed by atoms with Gasteiger partial charge in [-0.05, 0) is 35.5 Å². The van der Waals surface area contributed by atoms with Crippen LogP contribution in [0.2, 0.25) is 0 Å². The number of benzene rings is 1. The van der Waals surface area contributed by atoms with Gasteiger partial charge in [0.15, 0.2) is 0 Å². The van der Waals surface area contributed by atoms with Gasteiger partial charge in [-0.1, -0.05) is 35.3 Å². The Balaban J connectivity index is 2.13. The fourth-order valence-electron chi connectivity index (χ4n) is 1.74. The van der Waals surface area contributed by atoms with Crippen LogP contribution in [0.5, 0.6) is 5.75 Å². The minimum atomic E-state index is -2.39. The van der Waals surface area contributed by atoms with Crippen molar-refractivity contribution < 1.29 is 9.13 Å². The molecule has 0 amide bonds. The summed E-state index contributed by atoms with van der Waals surface area (Å²) in [7, 11) is 1.62. The molecule has 1 heterocycles. The number of nitrogens with zero attached hydrogens (tertiary/aromatic N) is 1. The van der Waals surface area contributed by atoms with Gasteiger partial charge in [0.2, 0.25) is 0 Å². The van der Waals surface area contributed by atoms with Crippen LogP contribution in [0.1, 0.15) is 5.56 Å². The van der Waals surface area contributed by atoms with Gasteiger partial charge in [0.1, 0.15) is 11.6 Å². The Labute approximate surface area is 130 Å². The summed E-state index contributed by atoms with van der Waals surface area (Å²) in [6.07, 6.45) is 1.77. The van der Waals surface area contributed by atoms with Gasteiger partial charge in [-0.25, -0.2) is 0 Å². The minimum Gasteiger partial charge on any atom is -0.497 e. The molecular weight excluding hydrogens is 322 g/mol. The SMILES string of the molecule is COc1ccc(Cn2ccc(SC(F)(Cl)Cl)c2N)cc1. The Morgan fingerprint density at radius 1 is 1.30 bits per heavy atom. The molecule has 0 aliphatic heterocycles. The number of hydrogen-bond acceptors (Lipinski definition) is 3. The van der Waals surface area contributed by atoms with E-state index in [4.69, 9.17) is 33.7 Å². The van der Waals surface area contributed by atoms with Crippen molar-refractivity contribution >= 4 is 40.8 Å². The number of anilines is 1. The summed E-state index contributed by atoms with van der Waals surface area (Å²) >= 11 is 11.3. The molecule has 0 bridgehead atoms. The van der Waals surface area contributed by atoms with E-state index in [2.05, 4.69) is 0 Å². The van der Waals surface area contributed by atoms with E-state index in [1.165, 1.54) is 0 Å². The van der Waals surface area contributed by atoms with Crippen LogP contribution in [0.4, 0.5) is 10.2 Å². The van der Waals surface area contributed by atoms with Crippen LogP contribution < -0.4 is 10.5 Å². The first-order valence-corrected chi connectivity index (χ1v) is 7.29. The van der Waals surface area contributed by atoms with Crippen molar-refractivity contribution in [2.24, 2.45) is 0 Å². The first-order chi connectivity index (χ1) is 9.39. The number of rotatable bonds is 5. The quantitative estimate of drug-likeness (QED) is 0.655. The number of alkyl halides is 3. The molecule has 20 heavy (non-hydrogen) atoms. The van der Waals surface area contributed by atoms with Gasteiger partial charge < -0.3 is 15.0 Å². The molecule has 0 aliphatic rings. The van der Waals surface area contributed by atoms with E-state index in [1.807, 2.05) is 24.3 Å². The molecular formula is C13H13Cl2FN2OS. The maximum Gasteiger partial charge on any atom is 0.309 e. The predicted molar refractivity (Wildman–Crippen MR) is 82.3 cm³/mol. The highest BCUT2D eigenvalue weighted by molar-refractivity contribution is 8.03. The zero-order chi connectivity index (χ0) is 14.8. The van der Waals surface area contributed by atoms with Gasteiger partial charge >= 0.3 is 3.92 Å². The van der Waals surface area contributed by atoms with E-state index >= 15 is 0 Å². The Bertz CT molecular complexity index is 581. The molecule has 3 nitrogen and oxygen atoms in total. The van der Waals surface area contributed by atoms with Gasteiger partial charge in [-0.15, -0.1) is 0 Å². The second kappa shape index (κ2) is 6.16. The molecule has 0 saturated carbocycles. The fourth-order valence-corrected chi connectivity index (χ4v) is 2.84. The van der Waals surface area contributed by atoms with E-state index in [0.29, 0.717) is 29.0 Å². The number of ether oxygens (including phenoxy) is 1. The molecule has 2 aromatic rings. The second-order valence-corrected chi connectivity index (χ2v) is 6.98. The molecule has 0 atom stereocenters. The number of nitrogen functional groups attached to an aromatic ring is 1. The van der Waals surface area contributed by atoms with Gasteiger partial charge in [0, 0.05) is 12.7 Å². The lowest BCUT2D eigenvalue weighted by atomic mass is 10.2. The molecule has 0 unspecified atom stereocenters. The first kappa shape index (κ1) is 15.4. The van der Waals surface area contributed by atoms with E-state index in [0.717, 1.165) is 11.3 Å². The van der Waals surface area contributed by atoms with Gasteiger partial charge in [0.25, 0.3) is 0 Å². The van der Waals surface area contributed by atoms with Gasteiger partial charge in [-0.2, -0.15) is 4.39 Å². The number of methoxy groups -OCH3 is 1. The maximum absolute atomic E-state index is 13.2. The topological polar surface area (TPSA) is 40.2 Å². The lowest BCUT2D eigenvalue weighted by Gasteiger charge is -2.10. The van der Waals surface area contributed by atoms with E-state index in [1.54, 1.807) is 23.9 Å². The first-order valence-electron chi connectivity index (χ1n) is 5.72. The summed E-state index contributed by atoms with van der Waals surface area (Å²) in [5, 5.41) is 0. The standard InChI is InChI=1S/C13H13Cl2FN2OS/c1-19-10-4-2-9(3-5-10)8-18-7-6-11(12(18)17)20-13(14,15)16/h2-7H,8,17H2,1H3.